The molecule has 0 N–H and O–H groups in total. The van der Waals surface area contributed by atoms with E-state index in [1.165, 1.54) is 89.4 Å². The Morgan fingerprint density at radius 2 is 0.894 bits per heavy atom. The molecule has 0 fully saturated rings. The Morgan fingerprint density at radius 3 is 1.21 bits per heavy atom. The molecule has 0 saturated heterocycles. The molecule has 0 aliphatic carbocycles. The van der Waals surface area contributed by atoms with Crippen LogP contribution in [0.15, 0.2) is 155 Å². The van der Waals surface area contributed by atoms with E-state index in [2.05, 4.69) is 9.97 Å². The average Bonchev–Trinajstić information content (AvgIpc) is 1.31. The molecule has 24 nitrogen and oxygen atoms in total. The van der Waals surface area contributed by atoms with E-state index in [1.807, 2.05) is 13.8 Å². The predicted molar refractivity (Wildman–Crippen MR) is 333 cm³/mol. The number of rotatable bonds is 28. The van der Waals surface area contributed by atoms with Crippen molar-refractivity contribution in [1.29, 1.82) is 0 Å². The number of unbranched alkanes of at least 4 members (excludes halogenated alkanes) is 2. The number of carboxylic acids is 2. The van der Waals surface area contributed by atoms with E-state index in [0.717, 1.165) is 25.7 Å². The Labute approximate surface area is 629 Å². The molecule has 0 unspecified atom stereocenters. The Kier molecular flexibility index (Phi) is 26.7. The smallest absolute Gasteiger partial charge is 0.545 e. The van der Waals surface area contributed by atoms with Crippen LogP contribution in [0.1, 0.15) is 73.7 Å². The second-order valence-corrected chi connectivity index (χ2v) is 24.2. The summed E-state index contributed by atoms with van der Waals surface area (Å²) in [5, 5.41) is 25.0. The number of nitrogens with zero attached hydrogens (tertiary/aromatic N) is 6. The number of carbonyl (C=O) groups excluding carboxylic acids is 4. The maximum atomic E-state index is 13.7. The first kappa shape index (κ1) is 74.1. The summed E-state index contributed by atoms with van der Waals surface area (Å²) in [6.45, 7) is 4.10. The fourth-order valence-electron chi connectivity index (χ4n) is 10.2. The molecular formula is C66H64K2N6O18S2. The summed E-state index contributed by atoms with van der Waals surface area (Å²) in [7, 11) is -2.94. The van der Waals surface area contributed by atoms with Gasteiger partial charge in [0.1, 0.15) is 34.6 Å². The van der Waals surface area contributed by atoms with E-state index in [4.69, 9.17) is 37.9 Å². The van der Waals surface area contributed by atoms with Crippen molar-refractivity contribution in [3.8, 4) is 57.4 Å². The van der Waals surface area contributed by atoms with Gasteiger partial charge in [-0.05, 0) is 96.8 Å². The molecule has 0 saturated carbocycles. The number of fused-ring (bicyclic) bond motifs is 2. The molecule has 28 heteroatoms. The first-order valence-electron chi connectivity index (χ1n) is 28.8. The van der Waals surface area contributed by atoms with Gasteiger partial charge in [0.05, 0.1) is 96.7 Å². The number of carbonyl (C=O) groups is 4. The summed E-state index contributed by atoms with van der Waals surface area (Å²) in [5.74, 6) is 1.47. The third-order valence-corrected chi connectivity index (χ3v) is 18.2. The van der Waals surface area contributed by atoms with E-state index in [0.29, 0.717) is 102 Å². The van der Waals surface area contributed by atoms with E-state index in [1.54, 1.807) is 94.1 Å². The minimum atomic E-state index is -4.35. The van der Waals surface area contributed by atoms with Gasteiger partial charge in [-0.25, -0.2) is 35.4 Å². The third-order valence-electron chi connectivity index (χ3n) is 14.8. The van der Waals surface area contributed by atoms with Gasteiger partial charge in [0, 0.05) is 61.1 Å². The molecule has 94 heavy (non-hydrogen) atoms. The molecule has 480 valence electrons. The standard InChI is InChI=1S/2C33H33N3O9S.2K/c2*1-4-5-11-32-34-19-24(15-23(33(38)39)14-22-16-30-31(45-21-44-30)18-29(22)43-3)36(32)27-13-12-25(42-2)17-28(27)35(20-37)46(40,41)26-9-7-6-8-10-26;;/h2*6-10,12-13,15-20H,4-5,11,14,21H2,1-3H3,(H,38,39);;/q;;2*+1/p-2/b2*23-15+;;. The van der Waals surface area contributed by atoms with Crippen LogP contribution < -0.4 is 159 Å². The van der Waals surface area contributed by atoms with Gasteiger partial charge >= 0.3 is 103 Å². The molecule has 8 aromatic rings. The summed E-state index contributed by atoms with van der Waals surface area (Å²) < 4.78 is 103. The number of aryl methyl sites for hydroxylation is 2. The number of hydrogen-bond donors (Lipinski definition) is 0. The van der Waals surface area contributed by atoms with Crippen LogP contribution in [0, 0.1) is 0 Å². The van der Waals surface area contributed by atoms with Crippen molar-refractivity contribution >= 4 is 68.3 Å². The molecule has 6 aromatic carbocycles. The summed E-state index contributed by atoms with van der Waals surface area (Å²) in [4.78, 5) is 59.1. The van der Waals surface area contributed by atoms with Crippen LogP contribution in [0.4, 0.5) is 11.4 Å². The van der Waals surface area contributed by atoms with Crippen molar-refractivity contribution in [3.05, 3.63) is 179 Å². The number of aromatic nitrogens is 4. The Balaban J connectivity index is 0.000000260. The van der Waals surface area contributed by atoms with Crippen molar-refractivity contribution in [2.75, 3.05) is 50.6 Å². The molecule has 2 aromatic heterocycles. The number of benzene rings is 6. The Morgan fingerprint density at radius 1 is 0.532 bits per heavy atom. The van der Waals surface area contributed by atoms with E-state index in [-0.39, 0.29) is 186 Å². The molecule has 0 atom stereocenters. The quantitative estimate of drug-likeness (QED) is 0.0380. The minimum Gasteiger partial charge on any atom is -0.545 e. The first-order valence-corrected chi connectivity index (χ1v) is 31.7. The number of sulfonamides is 2. The third kappa shape index (κ3) is 16.7. The van der Waals surface area contributed by atoms with Crippen LogP contribution >= 0.6 is 0 Å². The van der Waals surface area contributed by atoms with Crippen LogP contribution in [0.25, 0.3) is 23.5 Å². The van der Waals surface area contributed by atoms with Gasteiger partial charge in [-0.3, -0.25) is 18.7 Å². The van der Waals surface area contributed by atoms with Gasteiger partial charge in [-0.2, -0.15) is 0 Å². The van der Waals surface area contributed by atoms with Gasteiger partial charge in [0.15, 0.2) is 23.0 Å². The van der Waals surface area contributed by atoms with Crippen molar-refractivity contribution < 1.29 is 187 Å². The van der Waals surface area contributed by atoms with Crippen LogP contribution in [0.3, 0.4) is 0 Å². The van der Waals surface area contributed by atoms with Crippen LogP contribution in [0.2, 0.25) is 0 Å². The molecule has 4 heterocycles. The summed E-state index contributed by atoms with van der Waals surface area (Å²) in [6.07, 6.45) is 10.2. The molecule has 2 amide bonds. The molecule has 2 aliphatic heterocycles. The Hall–Kier alpha value is -7.33. The summed E-state index contributed by atoms with van der Waals surface area (Å²) in [6, 6.07) is 31.0. The summed E-state index contributed by atoms with van der Waals surface area (Å²) >= 11 is 0. The zero-order chi connectivity index (χ0) is 65.7. The van der Waals surface area contributed by atoms with Crippen molar-refractivity contribution in [1.82, 2.24) is 19.1 Å². The second-order valence-electron chi connectivity index (χ2n) is 20.5. The normalized spacial score (nSPS) is 12.3. The monoisotopic (exact) mass is 1370 g/mol. The number of ether oxygens (including phenoxy) is 8. The van der Waals surface area contributed by atoms with Crippen molar-refractivity contribution in [3.63, 3.8) is 0 Å². The molecule has 0 radical (unpaired) electrons. The van der Waals surface area contributed by atoms with Crippen LogP contribution in [0.5, 0.6) is 46.0 Å². The minimum absolute atomic E-state index is 0. The zero-order valence-corrected chi connectivity index (χ0v) is 60.8. The van der Waals surface area contributed by atoms with Crippen molar-refractivity contribution in [2.45, 2.75) is 75.0 Å². The summed E-state index contributed by atoms with van der Waals surface area (Å²) in [5.41, 5.74) is 1.95. The van der Waals surface area contributed by atoms with Crippen molar-refractivity contribution in [2.24, 2.45) is 0 Å². The number of methoxy groups -OCH3 is 4. The van der Waals surface area contributed by atoms with Gasteiger partial charge in [0.2, 0.25) is 26.4 Å². The van der Waals surface area contributed by atoms with Gasteiger partial charge in [0.25, 0.3) is 20.0 Å². The molecule has 10 rings (SSSR count). The van der Waals surface area contributed by atoms with Gasteiger partial charge < -0.3 is 57.7 Å². The molecule has 2 aliphatic rings. The predicted octanol–water partition coefficient (Wildman–Crippen LogP) is 1.39. The number of hydrogen-bond acceptors (Lipinski definition) is 20. The van der Waals surface area contributed by atoms with E-state index in [9.17, 15) is 46.2 Å². The fraction of sp³-hybridized carbons (Fsp3) is 0.242. The number of amides is 2. The maximum absolute atomic E-state index is 13.7. The van der Waals surface area contributed by atoms with Gasteiger partial charge in [-0.15, -0.1) is 0 Å². The number of imidazole rings is 2. The van der Waals surface area contributed by atoms with Crippen LogP contribution in [-0.2, 0) is 64.9 Å². The zero-order valence-electron chi connectivity index (χ0n) is 52.9. The fourth-order valence-corrected chi connectivity index (χ4v) is 12.7. The Bertz CT molecular complexity index is 4060. The SMILES string of the molecule is CCCCc1ncc(/C=C(\Cc2cc3c(cc2OC)OCO3)C(=O)[O-])n1-c1ccc(OC)cc1N(C=O)S(=O)(=O)c1ccccc1.CCCCc1ncc(/C=C(\Cc2cc3c(cc2OC)OCO3)C(=O)[O-])n1-c1ccc(OC)cc1N(C=O)S(=O)(=O)c1ccccc1.[K+].[K+]. The van der Waals surface area contributed by atoms with E-state index >= 15 is 0 Å². The van der Waals surface area contributed by atoms with Gasteiger partial charge in [-0.1, -0.05) is 63.1 Å². The second kappa shape index (κ2) is 33.9. The van der Waals surface area contributed by atoms with Crippen LogP contribution in [-0.4, -0.2) is 103 Å². The number of aliphatic carboxylic acids is 2. The number of carboxylic acid groups (broad SMARTS) is 2. The first-order chi connectivity index (χ1) is 44.4. The molecule has 0 bridgehead atoms. The largest absolute Gasteiger partial charge is 1.00 e. The molecule has 0 spiro atoms. The average molecular weight is 1370 g/mol. The maximum Gasteiger partial charge on any atom is 1.00 e. The molecular weight excluding hydrogens is 1310 g/mol. The number of anilines is 2. The van der Waals surface area contributed by atoms with E-state index < -0.39 is 32.0 Å². The topological polar surface area (TPSA) is 299 Å².